The fourth-order valence-electron chi connectivity index (χ4n) is 4.03. The first kappa shape index (κ1) is 14.8. The molecule has 1 saturated heterocycles. The standard InChI is InChI=1S/C16H28N2O/c1-3-13-6-8-16(12-17,9-7-13)15(2,19)14-5-4-10-18-11-14/h13-14,18-19H,3-11H2,1-2H3. The van der Waals surface area contributed by atoms with Gasteiger partial charge in [0.25, 0.3) is 0 Å². The van der Waals surface area contributed by atoms with Crippen LogP contribution in [0.3, 0.4) is 0 Å². The van der Waals surface area contributed by atoms with Crippen molar-refractivity contribution >= 4 is 0 Å². The second kappa shape index (κ2) is 5.81. The highest BCUT2D eigenvalue weighted by molar-refractivity contribution is 5.14. The zero-order valence-corrected chi connectivity index (χ0v) is 12.4. The molecule has 2 fully saturated rings. The molecule has 1 heterocycles. The van der Waals surface area contributed by atoms with E-state index in [1.807, 2.05) is 6.92 Å². The van der Waals surface area contributed by atoms with E-state index < -0.39 is 11.0 Å². The minimum absolute atomic E-state index is 0.221. The van der Waals surface area contributed by atoms with Gasteiger partial charge in [0.05, 0.1) is 17.1 Å². The van der Waals surface area contributed by atoms with Gasteiger partial charge in [-0.05, 0) is 57.9 Å². The number of piperidine rings is 1. The first-order chi connectivity index (χ1) is 9.05. The van der Waals surface area contributed by atoms with Crippen LogP contribution >= 0.6 is 0 Å². The Morgan fingerprint density at radius 3 is 2.53 bits per heavy atom. The summed E-state index contributed by atoms with van der Waals surface area (Å²) in [6.07, 6.45) is 7.28. The van der Waals surface area contributed by atoms with Crippen LogP contribution in [0.1, 0.15) is 58.8 Å². The minimum Gasteiger partial charge on any atom is -0.388 e. The number of nitrogens with one attached hydrogen (secondary N) is 1. The molecule has 0 radical (unpaired) electrons. The average molecular weight is 264 g/mol. The number of nitriles is 1. The quantitative estimate of drug-likeness (QED) is 0.824. The Balaban J connectivity index is 2.13. The summed E-state index contributed by atoms with van der Waals surface area (Å²) in [5, 5.41) is 24.2. The lowest BCUT2D eigenvalue weighted by molar-refractivity contribution is -0.111. The smallest absolute Gasteiger partial charge is 0.0861 e. The lowest BCUT2D eigenvalue weighted by Gasteiger charge is -2.49. The molecule has 3 heteroatoms. The molecule has 2 rings (SSSR count). The third-order valence-corrected chi connectivity index (χ3v) is 5.81. The van der Waals surface area contributed by atoms with Gasteiger partial charge >= 0.3 is 0 Å². The summed E-state index contributed by atoms with van der Waals surface area (Å²) in [6.45, 7) is 6.05. The zero-order chi connectivity index (χ0) is 13.9. The fourth-order valence-corrected chi connectivity index (χ4v) is 4.03. The highest BCUT2D eigenvalue weighted by Gasteiger charge is 2.53. The van der Waals surface area contributed by atoms with Crippen molar-refractivity contribution in [2.75, 3.05) is 13.1 Å². The topological polar surface area (TPSA) is 56.0 Å². The summed E-state index contributed by atoms with van der Waals surface area (Å²) >= 11 is 0. The minimum atomic E-state index is -0.853. The van der Waals surface area contributed by atoms with E-state index in [1.165, 1.54) is 6.42 Å². The summed E-state index contributed by atoms with van der Waals surface area (Å²) in [4.78, 5) is 0. The molecule has 2 N–H and O–H groups in total. The molecule has 3 nitrogen and oxygen atoms in total. The molecule has 0 bridgehead atoms. The van der Waals surface area contributed by atoms with Crippen molar-refractivity contribution in [1.82, 2.24) is 5.32 Å². The van der Waals surface area contributed by atoms with Crippen molar-refractivity contribution < 1.29 is 5.11 Å². The lowest BCUT2D eigenvalue weighted by atomic mass is 9.58. The average Bonchev–Trinajstić information content (AvgIpc) is 2.48. The summed E-state index contributed by atoms with van der Waals surface area (Å²) in [5.41, 5.74) is -1.38. The normalized spacial score (nSPS) is 39.3. The molecule has 2 atom stereocenters. The van der Waals surface area contributed by atoms with E-state index >= 15 is 0 Å². The number of rotatable bonds is 3. The predicted molar refractivity (Wildman–Crippen MR) is 76.5 cm³/mol. The second-order valence-electron chi connectivity index (χ2n) is 6.74. The van der Waals surface area contributed by atoms with Crippen molar-refractivity contribution in [3.63, 3.8) is 0 Å². The van der Waals surface area contributed by atoms with Gasteiger partial charge in [0, 0.05) is 12.5 Å². The van der Waals surface area contributed by atoms with E-state index in [0.717, 1.165) is 57.5 Å². The monoisotopic (exact) mass is 264 g/mol. The largest absolute Gasteiger partial charge is 0.388 e. The van der Waals surface area contributed by atoms with Gasteiger partial charge in [-0.3, -0.25) is 0 Å². The SMILES string of the molecule is CCC1CCC(C#N)(C(C)(O)C2CCCNC2)CC1. The van der Waals surface area contributed by atoms with Crippen LogP contribution in [-0.2, 0) is 0 Å². The Kier molecular flexibility index (Phi) is 4.53. The third kappa shape index (κ3) is 2.66. The predicted octanol–water partition coefficient (Wildman–Crippen LogP) is 2.85. The Morgan fingerprint density at radius 1 is 1.37 bits per heavy atom. The molecule has 1 saturated carbocycles. The molecule has 2 unspecified atom stereocenters. The number of nitrogens with zero attached hydrogens (tertiary/aromatic N) is 1. The van der Waals surface area contributed by atoms with E-state index in [1.54, 1.807) is 0 Å². The summed E-state index contributed by atoms with van der Waals surface area (Å²) in [7, 11) is 0. The van der Waals surface area contributed by atoms with Gasteiger partial charge in [-0.1, -0.05) is 13.3 Å². The third-order valence-electron chi connectivity index (χ3n) is 5.81. The van der Waals surface area contributed by atoms with Crippen LogP contribution < -0.4 is 5.32 Å². The van der Waals surface area contributed by atoms with Gasteiger partial charge in [0.15, 0.2) is 0 Å². The molecule has 0 aromatic carbocycles. The van der Waals surface area contributed by atoms with Crippen LogP contribution in [0.15, 0.2) is 0 Å². The van der Waals surface area contributed by atoms with E-state index in [9.17, 15) is 10.4 Å². The van der Waals surface area contributed by atoms with Gasteiger partial charge in [-0.15, -0.1) is 0 Å². The molecule has 0 amide bonds. The maximum atomic E-state index is 11.1. The Hall–Kier alpha value is -0.590. The maximum absolute atomic E-state index is 11.1. The zero-order valence-electron chi connectivity index (χ0n) is 12.4. The number of hydrogen-bond donors (Lipinski definition) is 2. The van der Waals surface area contributed by atoms with Crippen LogP contribution in [0.4, 0.5) is 0 Å². The lowest BCUT2D eigenvalue weighted by Crippen LogP contribution is -2.56. The van der Waals surface area contributed by atoms with Crippen molar-refractivity contribution in [3.05, 3.63) is 0 Å². The van der Waals surface area contributed by atoms with Crippen molar-refractivity contribution in [2.45, 2.75) is 64.4 Å². The van der Waals surface area contributed by atoms with Crippen LogP contribution in [0, 0.1) is 28.6 Å². The van der Waals surface area contributed by atoms with Crippen LogP contribution in [0.5, 0.6) is 0 Å². The molecule has 0 aromatic rings. The van der Waals surface area contributed by atoms with E-state index in [4.69, 9.17) is 0 Å². The van der Waals surface area contributed by atoms with Crippen molar-refractivity contribution in [2.24, 2.45) is 17.3 Å². The maximum Gasteiger partial charge on any atom is 0.0861 e. The number of aliphatic hydroxyl groups is 1. The van der Waals surface area contributed by atoms with E-state index in [-0.39, 0.29) is 5.92 Å². The van der Waals surface area contributed by atoms with Gasteiger partial charge in [-0.2, -0.15) is 5.26 Å². The molecular weight excluding hydrogens is 236 g/mol. The van der Waals surface area contributed by atoms with Gasteiger partial charge in [-0.25, -0.2) is 0 Å². The first-order valence-electron chi connectivity index (χ1n) is 7.90. The Labute approximate surface area is 117 Å². The molecule has 1 aliphatic heterocycles. The van der Waals surface area contributed by atoms with Crippen LogP contribution in [0.2, 0.25) is 0 Å². The summed E-state index contributed by atoms with van der Waals surface area (Å²) in [5.74, 6) is 0.973. The Bertz CT molecular complexity index is 331. The molecule has 2 aliphatic rings. The van der Waals surface area contributed by atoms with E-state index in [2.05, 4.69) is 18.3 Å². The van der Waals surface area contributed by atoms with Gasteiger partial charge in [0.2, 0.25) is 0 Å². The molecule has 0 aromatic heterocycles. The second-order valence-corrected chi connectivity index (χ2v) is 6.74. The fraction of sp³-hybridized carbons (Fsp3) is 0.938. The summed E-state index contributed by atoms with van der Waals surface area (Å²) in [6, 6.07) is 2.52. The summed E-state index contributed by atoms with van der Waals surface area (Å²) < 4.78 is 0. The van der Waals surface area contributed by atoms with Crippen molar-refractivity contribution in [3.8, 4) is 6.07 Å². The highest BCUT2D eigenvalue weighted by atomic mass is 16.3. The van der Waals surface area contributed by atoms with Crippen molar-refractivity contribution in [1.29, 1.82) is 5.26 Å². The highest BCUT2D eigenvalue weighted by Crippen LogP contribution is 2.50. The molecular formula is C16H28N2O. The molecule has 108 valence electrons. The van der Waals surface area contributed by atoms with Gasteiger partial charge in [0.1, 0.15) is 0 Å². The number of hydrogen-bond acceptors (Lipinski definition) is 3. The first-order valence-corrected chi connectivity index (χ1v) is 7.90. The van der Waals surface area contributed by atoms with Gasteiger partial charge < -0.3 is 10.4 Å². The molecule has 1 aliphatic carbocycles. The van der Waals surface area contributed by atoms with Crippen LogP contribution in [-0.4, -0.2) is 23.8 Å². The molecule has 19 heavy (non-hydrogen) atoms. The Morgan fingerprint density at radius 2 is 2.05 bits per heavy atom. The van der Waals surface area contributed by atoms with Crippen LogP contribution in [0.25, 0.3) is 0 Å². The molecule has 0 spiro atoms. The van der Waals surface area contributed by atoms with E-state index in [0.29, 0.717) is 0 Å².